The number of hydrogen-bond donors (Lipinski definition) is 4. The summed E-state index contributed by atoms with van der Waals surface area (Å²) in [5.41, 5.74) is 5.69. The largest absolute Gasteiger partial charge is 0.481 e. The third-order valence-electron chi connectivity index (χ3n) is 3.84. The van der Waals surface area contributed by atoms with Crippen molar-refractivity contribution < 1.29 is 29.4 Å². The van der Waals surface area contributed by atoms with E-state index in [4.69, 9.17) is 15.9 Å². The van der Waals surface area contributed by atoms with E-state index in [1.807, 2.05) is 0 Å². The summed E-state index contributed by atoms with van der Waals surface area (Å²) in [5, 5.41) is 20.4. The standard InChI is InChI=1S/C14H23N3O6/c1-7(2)11(15)12(20)16-8(6-10(18)19)13(21)17-5-3-4-9(17)14(22)23/h7-9,11H,3-6,15H2,1-2H3,(H,16,20)(H,18,19)(H,22,23)/t8-,9+,11-/m0/s1. The van der Waals surface area contributed by atoms with Gasteiger partial charge >= 0.3 is 11.9 Å². The molecule has 1 fully saturated rings. The fourth-order valence-corrected chi connectivity index (χ4v) is 2.43. The molecule has 0 unspecified atom stereocenters. The second-order valence-electron chi connectivity index (χ2n) is 5.96. The number of aliphatic carboxylic acids is 2. The zero-order valence-corrected chi connectivity index (χ0v) is 13.2. The molecule has 0 aromatic rings. The van der Waals surface area contributed by atoms with Crippen molar-refractivity contribution in [3.05, 3.63) is 0 Å². The first-order valence-electron chi connectivity index (χ1n) is 7.46. The molecule has 0 aromatic heterocycles. The maximum absolute atomic E-state index is 12.5. The number of nitrogens with one attached hydrogen (secondary N) is 1. The highest BCUT2D eigenvalue weighted by molar-refractivity contribution is 5.94. The molecule has 1 aliphatic rings. The molecule has 0 spiro atoms. The highest BCUT2D eigenvalue weighted by Crippen LogP contribution is 2.19. The summed E-state index contributed by atoms with van der Waals surface area (Å²) in [6.45, 7) is 3.66. The molecule has 130 valence electrons. The lowest BCUT2D eigenvalue weighted by atomic mass is 10.0. The second-order valence-corrected chi connectivity index (χ2v) is 5.96. The monoisotopic (exact) mass is 329 g/mol. The Bertz CT molecular complexity index is 493. The number of rotatable bonds is 7. The van der Waals surface area contributed by atoms with Crippen LogP contribution < -0.4 is 11.1 Å². The maximum atomic E-state index is 12.5. The number of carboxylic acid groups (broad SMARTS) is 2. The molecule has 9 nitrogen and oxygen atoms in total. The van der Waals surface area contributed by atoms with Crippen LogP contribution in [0.5, 0.6) is 0 Å². The second kappa shape index (κ2) is 7.91. The summed E-state index contributed by atoms with van der Waals surface area (Å²) >= 11 is 0. The predicted octanol–water partition coefficient (Wildman–Crippen LogP) is -0.995. The fraction of sp³-hybridized carbons (Fsp3) is 0.714. The van der Waals surface area contributed by atoms with Crippen LogP contribution >= 0.6 is 0 Å². The molecule has 0 bridgehead atoms. The SMILES string of the molecule is CC(C)[C@H](N)C(=O)N[C@@H](CC(=O)O)C(=O)N1CCC[C@@H]1C(=O)O. The molecule has 0 radical (unpaired) electrons. The Labute approximate surface area is 133 Å². The summed E-state index contributed by atoms with van der Waals surface area (Å²) in [6, 6.07) is -3.20. The van der Waals surface area contributed by atoms with Gasteiger partial charge in [0.2, 0.25) is 11.8 Å². The third kappa shape index (κ3) is 4.92. The third-order valence-corrected chi connectivity index (χ3v) is 3.84. The normalized spacial score (nSPS) is 20.2. The lowest BCUT2D eigenvalue weighted by Crippen LogP contribution is -2.55. The fourth-order valence-electron chi connectivity index (χ4n) is 2.43. The van der Waals surface area contributed by atoms with E-state index in [1.165, 1.54) is 0 Å². The summed E-state index contributed by atoms with van der Waals surface area (Å²) in [7, 11) is 0. The van der Waals surface area contributed by atoms with E-state index < -0.39 is 48.3 Å². The Morgan fingerprint density at radius 2 is 1.87 bits per heavy atom. The van der Waals surface area contributed by atoms with Crippen LogP contribution in [-0.4, -0.2) is 63.5 Å². The lowest BCUT2D eigenvalue weighted by Gasteiger charge is -2.27. The summed E-state index contributed by atoms with van der Waals surface area (Å²) in [4.78, 5) is 47.7. The van der Waals surface area contributed by atoms with Crippen molar-refractivity contribution in [1.29, 1.82) is 0 Å². The van der Waals surface area contributed by atoms with Crippen molar-refractivity contribution in [3.63, 3.8) is 0 Å². The van der Waals surface area contributed by atoms with E-state index in [-0.39, 0.29) is 12.5 Å². The van der Waals surface area contributed by atoms with E-state index in [0.29, 0.717) is 12.8 Å². The van der Waals surface area contributed by atoms with Gasteiger partial charge in [-0.25, -0.2) is 4.79 Å². The van der Waals surface area contributed by atoms with Crippen molar-refractivity contribution in [2.75, 3.05) is 6.54 Å². The van der Waals surface area contributed by atoms with Gasteiger partial charge in [-0.05, 0) is 18.8 Å². The molecule has 2 amide bonds. The van der Waals surface area contributed by atoms with Gasteiger partial charge in [-0.15, -0.1) is 0 Å². The number of carbonyl (C=O) groups is 4. The van der Waals surface area contributed by atoms with Crippen LogP contribution in [0.4, 0.5) is 0 Å². The predicted molar refractivity (Wildman–Crippen MR) is 79.4 cm³/mol. The molecule has 9 heteroatoms. The van der Waals surface area contributed by atoms with Crippen LogP contribution in [-0.2, 0) is 19.2 Å². The molecule has 1 heterocycles. The van der Waals surface area contributed by atoms with Gasteiger partial charge in [-0.1, -0.05) is 13.8 Å². The van der Waals surface area contributed by atoms with Crippen LogP contribution in [0.25, 0.3) is 0 Å². The molecule has 0 saturated carbocycles. The first kappa shape index (κ1) is 18.9. The van der Waals surface area contributed by atoms with Gasteiger partial charge in [0.1, 0.15) is 12.1 Å². The van der Waals surface area contributed by atoms with Crippen molar-refractivity contribution in [2.24, 2.45) is 11.7 Å². The van der Waals surface area contributed by atoms with Gasteiger partial charge in [0.05, 0.1) is 12.5 Å². The van der Waals surface area contributed by atoms with Crippen LogP contribution in [0.3, 0.4) is 0 Å². The molecule has 3 atom stereocenters. The number of carbonyl (C=O) groups excluding carboxylic acids is 2. The number of amides is 2. The summed E-state index contributed by atoms with van der Waals surface area (Å²) < 4.78 is 0. The smallest absolute Gasteiger partial charge is 0.326 e. The molecular weight excluding hydrogens is 306 g/mol. The molecule has 5 N–H and O–H groups in total. The van der Waals surface area contributed by atoms with Crippen molar-refractivity contribution in [3.8, 4) is 0 Å². The van der Waals surface area contributed by atoms with E-state index in [1.54, 1.807) is 13.8 Å². The maximum Gasteiger partial charge on any atom is 0.326 e. The number of nitrogens with two attached hydrogens (primary N) is 1. The first-order chi connectivity index (χ1) is 10.6. The average Bonchev–Trinajstić information content (AvgIpc) is 2.93. The van der Waals surface area contributed by atoms with Crippen LogP contribution in [0.1, 0.15) is 33.1 Å². The number of hydrogen-bond acceptors (Lipinski definition) is 5. The Morgan fingerprint density at radius 3 is 2.35 bits per heavy atom. The minimum atomic E-state index is -1.33. The molecule has 1 aliphatic heterocycles. The highest BCUT2D eigenvalue weighted by Gasteiger charge is 2.38. The topological polar surface area (TPSA) is 150 Å². The minimum Gasteiger partial charge on any atom is -0.481 e. The van der Waals surface area contributed by atoms with E-state index >= 15 is 0 Å². The molecule has 1 saturated heterocycles. The van der Waals surface area contributed by atoms with Crippen molar-refractivity contribution in [2.45, 2.75) is 51.2 Å². The van der Waals surface area contributed by atoms with Gasteiger partial charge in [0, 0.05) is 6.54 Å². The Hall–Kier alpha value is -2.16. The van der Waals surface area contributed by atoms with Crippen molar-refractivity contribution in [1.82, 2.24) is 10.2 Å². The molecule has 0 aromatic carbocycles. The minimum absolute atomic E-state index is 0.186. The number of carboxylic acids is 2. The molecular formula is C14H23N3O6. The van der Waals surface area contributed by atoms with Crippen LogP contribution in [0, 0.1) is 5.92 Å². The average molecular weight is 329 g/mol. The van der Waals surface area contributed by atoms with E-state index in [9.17, 15) is 19.2 Å². The first-order valence-corrected chi connectivity index (χ1v) is 7.46. The van der Waals surface area contributed by atoms with Crippen molar-refractivity contribution >= 4 is 23.8 Å². The summed E-state index contributed by atoms with van der Waals surface area (Å²) in [6.07, 6.45) is 0.195. The Kier molecular flexibility index (Phi) is 6.49. The van der Waals surface area contributed by atoms with Gasteiger partial charge < -0.3 is 26.2 Å². The molecule has 1 rings (SSSR count). The summed E-state index contributed by atoms with van der Waals surface area (Å²) in [5.74, 6) is -3.94. The zero-order chi connectivity index (χ0) is 17.7. The highest BCUT2D eigenvalue weighted by atomic mass is 16.4. The van der Waals surface area contributed by atoms with E-state index in [0.717, 1.165) is 4.90 Å². The molecule has 0 aliphatic carbocycles. The van der Waals surface area contributed by atoms with Gasteiger partial charge in [0.25, 0.3) is 0 Å². The van der Waals surface area contributed by atoms with Gasteiger partial charge in [-0.3, -0.25) is 14.4 Å². The number of nitrogens with zero attached hydrogens (tertiary/aromatic N) is 1. The zero-order valence-electron chi connectivity index (χ0n) is 13.2. The van der Waals surface area contributed by atoms with Gasteiger partial charge in [0.15, 0.2) is 0 Å². The van der Waals surface area contributed by atoms with Crippen LogP contribution in [0.2, 0.25) is 0 Å². The van der Waals surface area contributed by atoms with Crippen LogP contribution in [0.15, 0.2) is 0 Å². The van der Waals surface area contributed by atoms with E-state index in [2.05, 4.69) is 5.32 Å². The molecule has 23 heavy (non-hydrogen) atoms. The lowest BCUT2D eigenvalue weighted by molar-refractivity contribution is -0.150. The number of likely N-dealkylation sites (tertiary alicyclic amines) is 1. The Morgan fingerprint density at radius 1 is 1.26 bits per heavy atom. The Balaban J connectivity index is 2.88. The van der Waals surface area contributed by atoms with Gasteiger partial charge in [-0.2, -0.15) is 0 Å². The quantitative estimate of drug-likeness (QED) is 0.468.